The van der Waals surface area contributed by atoms with Crippen LogP contribution in [0.1, 0.15) is 12.0 Å². The van der Waals surface area contributed by atoms with E-state index in [2.05, 4.69) is 15.3 Å². The molecule has 0 atom stereocenters. The Balaban J connectivity index is 1.47. The van der Waals surface area contributed by atoms with Gasteiger partial charge in [0.25, 0.3) is 5.56 Å². The van der Waals surface area contributed by atoms with Gasteiger partial charge in [-0.05, 0) is 11.6 Å². The summed E-state index contributed by atoms with van der Waals surface area (Å²) in [6.45, 7) is 0.769. The second-order valence-corrected chi connectivity index (χ2v) is 6.15. The summed E-state index contributed by atoms with van der Waals surface area (Å²) in [4.78, 5) is 32.2. The lowest BCUT2D eigenvalue weighted by Crippen LogP contribution is -2.27. The summed E-state index contributed by atoms with van der Waals surface area (Å²) in [5, 5.41) is 3.79. The van der Waals surface area contributed by atoms with Crippen LogP contribution in [0.15, 0.2) is 65.7 Å². The van der Waals surface area contributed by atoms with Crippen LogP contribution in [0.3, 0.4) is 0 Å². The Morgan fingerprint density at radius 3 is 2.69 bits per heavy atom. The first-order valence-electron chi connectivity index (χ1n) is 8.49. The fraction of sp³-hybridized carbons (Fsp3) is 0.150. The zero-order chi connectivity index (χ0) is 17.9. The molecule has 130 valence electrons. The van der Waals surface area contributed by atoms with Crippen molar-refractivity contribution in [2.75, 3.05) is 0 Å². The van der Waals surface area contributed by atoms with Gasteiger partial charge in [-0.1, -0.05) is 48.5 Å². The van der Waals surface area contributed by atoms with Crippen molar-refractivity contribution in [1.29, 1.82) is 0 Å². The number of amides is 1. The lowest BCUT2D eigenvalue weighted by molar-refractivity contribution is -0.121. The van der Waals surface area contributed by atoms with Gasteiger partial charge in [0, 0.05) is 30.4 Å². The molecule has 4 rings (SSSR count). The Hall–Kier alpha value is -3.41. The van der Waals surface area contributed by atoms with Crippen LogP contribution in [0.2, 0.25) is 0 Å². The van der Waals surface area contributed by atoms with Crippen molar-refractivity contribution in [2.45, 2.75) is 19.5 Å². The van der Waals surface area contributed by atoms with Crippen molar-refractivity contribution >= 4 is 27.8 Å². The molecule has 0 aliphatic rings. The largest absolute Gasteiger partial charge is 0.352 e. The molecule has 0 saturated heterocycles. The second kappa shape index (κ2) is 6.84. The minimum Gasteiger partial charge on any atom is -0.352 e. The molecule has 6 heteroatoms. The number of nitrogens with one attached hydrogen (secondary N) is 2. The van der Waals surface area contributed by atoms with E-state index in [1.54, 1.807) is 0 Å². The number of rotatable bonds is 5. The van der Waals surface area contributed by atoms with Crippen molar-refractivity contribution < 1.29 is 4.79 Å². The number of nitrogens with zero attached hydrogens (tertiary/aromatic N) is 2. The molecule has 2 N–H and O–H groups in total. The zero-order valence-electron chi connectivity index (χ0n) is 14.1. The first-order chi connectivity index (χ1) is 12.7. The van der Waals surface area contributed by atoms with Gasteiger partial charge in [-0.2, -0.15) is 0 Å². The van der Waals surface area contributed by atoms with Gasteiger partial charge < -0.3 is 10.3 Å². The normalized spacial score (nSPS) is 11.1. The summed E-state index contributed by atoms with van der Waals surface area (Å²) in [6.07, 6.45) is 1.73. The number of fused-ring (bicyclic) bond motifs is 3. The van der Waals surface area contributed by atoms with Crippen LogP contribution < -0.4 is 10.9 Å². The summed E-state index contributed by atoms with van der Waals surface area (Å²) in [6, 6.07) is 17.4. The number of aromatic nitrogens is 3. The molecule has 1 amide bonds. The Kier molecular flexibility index (Phi) is 4.23. The van der Waals surface area contributed by atoms with E-state index < -0.39 is 0 Å². The third kappa shape index (κ3) is 3.09. The first kappa shape index (κ1) is 16.1. The van der Waals surface area contributed by atoms with Gasteiger partial charge in [-0.25, -0.2) is 4.98 Å². The molecule has 2 heterocycles. The van der Waals surface area contributed by atoms with Crippen molar-refractivity contribution in [3.63, 3.8) is 0 Å². The number of carbonyl (C=O) groups is 1. The molecule has 4 aromatic rings. The number of H-pyrrole nitrogens is 1. The molecular formula is C20H18N4O2. The molecule has 0 spiro atoms. The minimum atomic E-state index is -0.165. The summed E-state index contributed by atoms with van der Waals surface area (Å²) >= 11 is 0. The van der Waals surface area contributed by atoms with Crippen LogP contribution >= 0.6 is 0 Å². The van der Waals surface area contributed by atoms with E-state index >= 15 is 0 Å². The van der Waals surface area contributed by atoms with Crippen molar-refractivity contribution in [1.82, 2.24) is 19.9 Å². The fourth-order valence-corrected chi connectivity index (χ4v) is 3.01. The average Bonchev–Trinajstić information content (AvgIpc) is 3.06. The minimum absolute atomic E-state index is 0.0995. The van der Waals surface area contributed by atoms with E-state index in [9.17, 15) is 9.59 Å². The Morgan fingerprint density at radius 2 is 1.85 bits per heavy atom. The van der Waals surface area contributed by atoms with Crippen LogP contribution in [0.25, 0.3) is 21.9 Å². The number of hydrogen-bond donors (Lipinski definition) is 2. The molecule has 2 aromatic heterocycles. The van der Waals surface area contributed by atoms with Gasteiger partial charge in [0.05, 0.1) is 6.33 Å². The van der Waals surface area contributed by atoms with Gasteiger partial charge in [-0.15, -0.1) is 0 Å². The topological polar surface area (TPSA) is 79.8 Å². The van der Waals surface area contributed by atoms with Crippen LogP contribution in [0.4, 0.5) is 0 Å². The number of hydrogen-bond acceptors (Lipinski definition) is 3. The molecule has 0 fully saturated rings. The molecule has 0 radical (unpaired) electrons. The van der Waals surface area contributed by atoms with E-state index in [1.165, 1.54) is 10.9 Å². The van der Waals surface area contributed by atoms with E-state index in [0.717, 1.165) is 16.5 Å². The van der Waals surface area contributed by atoms with Crippen LogP contribution in [-0.2, 0) is 17.9 Å². The Bertz CT molecular complexity index is 1130. The van der Waals surface area contributed by atoms with Gasteiger partial charge >= 0.3 is 0 Å². The number of aryl methyl sites for hydroxylation is 1. The number of aromatic amines is 1. The van der Waals surface area contributed by atoms with E-state index in [4.69, 9.17) is 0 Å². The van der Waals surface area contributed by atoms with E-state index in [-0.39, 0.29) is 24.4 Å². The van der Waals surface area contributed by atoms with E-state index in [1.807, 2.05) is 54.6 Å². The highest BCUT2D eigenvalue weighted by Crippen LogP contribution is 2.20. The van der Waals surface area contributed by atoms with Crippen LogP contribution in [0.5, 0.6) is 0 Å². The summed E-state index contributed by atoms with van der Waals surface area (Å²) < 4.78 is 1.47. The molecule has 0 unspecified atom stereocenters. The molecule has 0 aliphatic heterocycles. The van der Waals surface area contributed by atoms with Gasteiger partial charge in [0.15, 0.2) is 0 Å². The van der Waals surface area contributed by atoms with E-state index in [0.29, 0.717) is 17.6 Å². The SMILES string of the molecule is O=C(CCn1cnc2c([nH]c3ccccc32)c1=O)NCc1ccccc1. The van der Waals surface area contributed by atoms with Crippen LogP contribution in [-0.4, -0.2) is 20.4 Å². The fourth-order valence-electron chi connectivity index (χ4n) is 3.01. The van der Waals surface area contributed by atoms with Crippen molar-refractivity contribution in [3.05, 3.63) is 76.8 Å². The Morgan fingerprint density at radius 1 is 1.08 bits per heavy atom. The monoisotopic (exact) mass is 346 g/mol. The molecule has 0 saturated carbocycles. The summed E-state index contributed by atoms with van der Waals surface area (Å²) in [5.74, 6) is -0.0995. The van der Waals surface area contributed by atoms with Gasteiger partial charge in [-0.3, -0.25) is 14.2 Å². The quantitative estimate of drug-likeness (QED) is 0.583. The lowest BCUT2D eigenvalue weighted by atomic mass is 10.2. The maximum atomic E-state index is 12.6. The van der Waals surface area contributed by atoms with Gasteiger partial charge in [0.1, 0.15) is 11.0 Å². The zero-order valence-corrected chi connectivity index (χ0v) is 14.1. The van der Waals surface area contributed by atoms with Crippen LogP contribution in [0, 0.1) is 0 Å². The number of para-hydroxylation sites is 1. The highest BCUT2D eigenvalue weighted by Gasteiger charge is 2.11. The van der Waals surface area contributed by atoms with Crippen molar-refractivity contribution in [2.24, 2.45) is 0 Å². The number of benzene rings is 2. The highest BCUT2D eigenvalue weighted by molar-refractivity contribution is 6.04. The predicted octanol–water partition coefficient (Wildman–Crippen LogP) is 2.58. The lowest BCUT2D eigenvalue weighted by Gasteiger charge is -2.07. The molecule has 0 aliphatic carbocycles. The standard InChI is InChI=1S/C20H18N4O2/c25-17(21-12-14-6-2-1-3-7-14)10-11-24-13-22-18-15-8-4-5-9-16(15)23-19(18)20(24)26/h1-9,13,23H,10-12H2,(H,21,25). The second-order valence-electron chi connectivity index (χ2n) is 6.15. The highest BCUT2D eigenvalue weighted by atomic mass is 16.1. The molecule has 6 nitrogen and oxygen atoms in total. The third-order valence-corrected chi connectivity index (χ3v) is 4.39. The average molecular weight is 346 g/mol. The van der Waals surface area contributed by atoms with Gasteiger partial charge in [0.2, 0.25) is 5.91 Å². The molecule has 26 heavy (non-hydrogen) atoms. The summed E-state index contributed by atoms with van der Waals surface area (Å²) in [5.41, 5.74) is 2.89. The molecule has 0 bridgehead atoms. The van der Waals surface area contributed by atoms with Crippen molar-refractivity contribution in [3.8, 4) is 0 Å². The Labute approximate surface area is 149 Å². The molecule has 2 aromatic carbocycles. The third-order valence-electron chi connectivity index (χ3n) is 4.39. The first-order valence-corrected chi connectivity index (χ1v) is 8.49. The maximum Gasteiger partial charge on any atom is 0.277 e. The smallest absolute Gasteiger partial charge is 0.277 e. The number of carbonyl (C=O) groups excluding carboxylic acids is 1. The molecular weight excluding hydrogens is 328 g/mol. The summed E-state index contributed by atoms with van der Waals surface area (Å²) in [7, 11) is 0. The predicted molar refractivity (Wildman–Crippen MR) is 101 cm³/mol. The maximum absolute atomic E-state index is 12.6.